The molecule has 0 bridgehead atoms. The Morgan fingerprint density at radius 3 is 2.04 bits per heavy atom. The topological polar surface area (TPSA) is 46.6 Å². The first-order valence-corrected chi connectivity index (χ1v) is 8.70. The van der Waals surface area contributed by atoms with Crippen molar-refractivity contribution in [2.45, 2.75) is 19.8 Å². The van der Waals surface area contributed by atoms with Crippen molar-refractivity contribution < 1.29 is 14.4 Å². The second kappa shape index (κ2) is 7.96. The van der Waals surface area contributed by atoms with E-state index in [1.54, 1.807) is 13.1 Å². The van der Waals surface area contributed by atoms with Crippen LogP contribution in [0.25, 0.3) is 0 Å². The predicted octanol–water partition coefficient (Wildman–Crippen LogP) is 3.89. The summed E-state index contributed by atoms with van der Waals surface area (Å²) >= 11 is 0. The Balaban J connectivity index is 2.19. The van der Waals surface area contributed by atoms with Crippen molar-refractivity contribution in [3.8, 4) is 0 Å². The van der Waals surface area contributed by atoms with Crippen molar-refractivity contribution in [1.29, 1.82) is 0 Å². The number of carbonyl (C=O) groups is 1. The Morgan fingerprint density at radius 2 is 1.58 bits per heavy atom. The molecule has 26 heavy (non-hydrogen) atoms. The molecule has 0 aromatic heterocycles. The van der Waals surface area contributed by atoms with Crippen LogP contribution in [-0.2, 0) is 14.4 Å². The van der Waals surface area contributed by atoms with Crippen LogP contribution in [0.2, 0.25) is 0 Å². The zero-order valence-electron chi connectivity index (χ0n) is 14.9. The molecule has 0 saturated carbocycles. The van der Waals surface area contributed by atoms with E-state index in [9.17, 15) is 9.59 Å². The molecule has 0 N–H and O–H groups in total. The van der Waals surface area contributed by atoms with Gasteiger partial charge in [0, 0.05) is 12.1 Å². The van der Waals surface area contributed by atoms with Gasteiger partial charge in [-0.2, -0.15) is 5.06 Å². The monoisotopic (exact) mass is 347 g/mol. The Bertz CT molecular complexity index is 812. The SMILES string of the molecule is CCON1C=C(C(c2ccccc2)c2ccccc2)C(=C=O)C(C)C1=O. The summed E-state index contributed by atoms with van der Waals surface area (Å²) in [6.07, 6.45) is 1.64. The van der Waals surface area contributed by atoms with Gasteiger partial charge < -0.3 is 0 Å². The summed E-state index contributed by atoms with van der Waals surface area (Å²) in [5, 5.41) is 1.25. The molecule has 0 fully saturated rings. The van der Waals surface area contributed by atoms with Crippen LogP contribution < -0.4 is 0 Å². The van der Waals surface area contributed by atoms with Gasteiger partial charge in [-0.25, -0.2) is 4.79 Å². The number of amides is 1. The van der Waals surface area contributed by atoms with E-state index >= 15 is 0 Å². The highest BCUT2D eigenvalue weighted by Gasteiger charge is 2.36. The average Bonchev–Trinajstić information content (AvgIpc) is 2.68. The van der Waals surface area contributed by atoms with E-state index in [2.05, 4.69) is 0 Å². The molecule has 0 radical (unpaired) electrons. The van der Waals surface area contributed by atoms with Gasteiger partial charge in [0.2, 0.25) is 0 Å². The Labute approximate surface area is 153 Å². The largest absolute Gasteiger partial charge is 0.271 e. The number of nitrogens with zero attached hydrogens (tertiary/aromatic N) is 1. The second-order valence-corrected chi connectivity index (χ2v) is 6.16. The van der Waals surface area contributed by atoms with Crippen molar-refractivity contribution in [1.82, 2.24) is 5.06 Å². The van der Waals surface area contributed by atoms with Crippen molar-refractivity contribution in [3.63, 3.8) is 0 Å². The number of hydrogen-bond donors (Lipinski definition) is 0. The van der Waals surface area contributed by atoms with E-state index in [1.165, 1.54) is 5.06 Å². The van der Waals surface area contributed by atoms with Crippen molar-refractivity contribution in [3.05, 3.63) is 89.1 Å². The molecule has 4 nitrogen and oxygen atoms in total. The smallest absolute Gasteiger partial charge is 0.258 e. The standard InChI is InChI=1S/C22H21NO3/c1-3-26-23-14-19(20(15-24)16(2)22(23)25)21(17-10-6-4-7-11-17)18-12-8-5-9-13-18/h4-14,16,21H,3H2,1-2H3. The van der Waals surface area contributed by atoms with E-state index in [-0.39, 0.29) is 11.8 Å². The molecule has 0 aliphatic carbocycles. The minimum atomic E-state index is -0.603. The molecule has 1 aliphatic rings. The van der Waals surface area contributed by atoms with E-state index in [0.717, 1.165) is 16.7 Å². The molecule has 1 unspecified atom stereocenters. The fourth-order valence-corrected chi connectivity index (χ4v) is 3.28. The lowest BCUT2D eigenvalue weighted by atomic mass is 9.77. The van der Waals surface area contributed by atoms with Crippen LogP contribution in [0.3, 0.4) is 0 Å². The van der Waals surface area contributed by atoms with E-state index in [1.807, 2.05) is 73.5 Å². The van der Waals surface area contributed by atoms with Crippen LogP contribution in [0.4, 0.5) is 0 Å². The van der Waals surface area contributed by atoms with Gasteiger partial charge in [0.15, 0.2) is 0 Å². The molecular formula is C22H21NO3. The molecule has 2 aromatic rings. The lowest BCUT2D eigenvalue weighted by Crippen LogP contribution is -2.37. The normalized spacial score (nSPS) is 17.3. The first-order valence-electron chi connectivity index (χ1n) is 8.70. The zero-order chi connectivity index (χ0) is 18.5. The molecule has 2 aromatic carbocycles. The summed E-state index contributed by atoms with van der Waals surface area (Å²) in [6.45, 7) is 3.90. The summed E-state index contributed by atoms with van der Waals surface area (Å²) in [5.41, 5.74) is 3.19. The molecule has 3 rings (SSSR count). The van der Waals surface area contributed by atoms with E-state index in [4.69, 9.17) is 4.84 Å². The van der Waals surface area contributed by atoms with Crippen LogP contribution in [0.1, 0.15) is 30.9 Å². The molecule has 0 saturated heterocycles. The number of hydrogen-bond acceptors (Lipinski definition) is 3. The maximum absolute atomic E-state index is 12.5. The lowest BCUT2D eigenvalue weighted by molar-refractivity contribution is -0.173. The second-order valence-electron chi connectivity index (χ2n) is 6.16. The van der Waals surface area contributed by atoms with Crippen LogP contribution in [0, 0.1) is 5.92 Å². The maximum Gasteiger partial charge on any atom is 0.258 e. The van der Waals surface area contributed by atoms with Crippen molar-refractivity contribution >= 4 is 11.8 Å². The molecule has 132 valence electrons. The lowest BCUT2D eigenvalue weighted by Gasteiger charge is -2.32. The van der Waals surface area contributed by atoms with Crippen LogP contribution in [0.15, 0.2) is 78.0 Å². The Kier molecular flexibility index (Phi) is 5.47. The summed E-state index contributed by atoms with van der Waals surface area (Å²) in [4.78, 5) is 29.7. The van der Waals surface area contributed by atoms with Gasteiger partial charge in [-0.15, -0.1) is 0 Å². The Hall–Kier alpha value is -2.94. The summed E-state index contributed by atoms with van der Waals surface area (Å²) < 4.78 is 0. The molecule has 0 spiro atoms. The molecular weight excluding hydrogens is 326 g/mol. The van der Waals surface area contributed by atoms with Gasteiger partial charge in [-0.1, -0.05) is 60.7 Å². The maximum atomic E-state index is 12.5. The number of carbonyl (C=O) groups excluding carboxylic acids is 2. The van der Waals surface area contributed by atoms with Gasteiger partial charge in [0.1, 0.15) is 5.94 Å². The first kappa shape index (κ1) is 17.9. The molecule has 1 aliphatic heterocycles. The molecule has 4 heteroatoms. The minimum Gasteiger partial charge on any atom is -0.271 e. The van der Waals surface area contributed by atoms with Crippen molar-refractivity contribution in [2.24, 2.45) is 5.92 Å². The molecule has 1 amide bonds. The molecule has 1 heterocycles. The van der Waals surface area contributed by atoms with Crippen LogP contribution in [0.5, 0.6) is 0 Å². The number of benzene rings is 2. The number of allylic oxidation sites excluding steroid dienone is 1. The highest BCUT2D eigenvalue weighted by atomic mass is 16.7. The van der Waals surface area contributed by atoms with Gasteiger partial charge in [0.25, 0.3) is 5.91 Å². The fourth-order valence-electron chi connectivity index (χ4n) is 3.28. The number of rotatable bonds is 5. The average molecular weight is 347 g/mol. The summed E-state index contributed by atoms with van der Waals surface area (Å²) in [6, 6.07) is 19.9. The molecule has 1 atom stereocenters. The third-order valence-corrected chi connectivity index (χ3v) is 4.54. The van der Waals surface area contributed by atoms with Gasteiger partial charge in [0.05, 0.1) is 18.1 Å². The van der Waals surface area contributed by atoms with Gasteiger partial charge >= 0.3 is 0 Å². The third kappa shape index (κ3) is 3.38. The third-order valence-electron chi connectivity index (χ3n) is 4.54. The summed E-state index contributed by atoms with van der Waals surface area (Å²) in [5.74, 6) is 0.966. The van der Waals surface area contributed by atoms with E-state index < -0.39 is 5.92 Å². The predicted molar refractivity (Wildman–Crippen MR) is 99.7 cm³/mol. The quantitative estimate of drug-likeness (QED) is 0.771. The summed E-state index contributed by atoms with van der Waals surface area (Å²) in [7, 11) is 0. The van der Waals surface area contributed by atoms with Crippen LogP contribution in [-0.4, -0.2) is 23.5 Å². The van der Waals surface area contributed by atoms with E-state index in [0.29, 0.717) is 12.2 Å². The van der Waals surface area contributed by atoms with Gasteiger partial charge in [-0.3, -0.25) is 9.63 Å². The Morgan fingerprint density at radius 1 is 1.04 bits per heavy atom. The number of hydroxylamine groups is 2. The fraction of sp³-hybridized carbons (Fsp3) is 0.227. The zero-order valence-corrected chi connectivity index (χ0v) is 14.9. The van der Waals surface area contributed by atoms with Crippen LogP contribution >= 0.6 is 0 Å². The first-order chi connectivity index (χ1) is 12.7. The van der Waals surface area contributed by atoms with Gasteiger partial charge in [-0.05, 0) is 30.5 Å². The minimum absolute atomic E-state index is 0.188. The highest BCUT2D eigenvalue weighted by Crippen LogP contribution is 2.40. The highest BCUT2D eigenvalue weighted by molar-refractivity contribution is 5.89. The van der Waals surface area contributed by atoms with Crippen molar-refractivity contribution in [2.75, 3.05) is 6.61 Å².